The first-order chi connectivity index (χ1) is 12.2. The highest BCUT2D eigenvalue weighted by molar-refractivity contribution is 14.0. The fourth-order valence-corrected chi connectivity index (χ4v) is 2.65. The summed E-state index contributed by atoms with van der Waals surface area (Å²) >= 11 is 0. The number of nitrogens with zero attached hydrogens (tertiary/aromatic N) is 1. The Balaban J connectivity index is 0.00000338. The molecule has 0 radical (unpaired) electrons. The summed E-state index contributed by atoms with van der Waals surface area (Å²) in [7, 11) is 1.70. The van der Waals surface area contributed by atoms with Crippen molar-refractivity contribution < 1.29 is 14.2 Å². The molecular weight excluding hydrogens is 445 g/mol. The molecule has 2 rings (SSSR count). The predicted molar refractivity (Wildman–Crippen MR) is 116 cm³/mol. The van der Waals surface area contributed by atoms with Crippen LogP contribution in [0, 0.1) is 6.92 Å². The summed E-state index contributed by atoms with van der Waals surface area (Å²) in [5, 5.41) is 6.62. The molecule has 0 saturated carbocycles. The molecule has 7 heteroatoms. The van der Waals surface area contributed by atoms with Crippen LogP contribution in [0.2, 0.25) is 0 Å². The molecule has 148 valence electrons. The summed E-state index contributed by atoms with van der Waals surface area (Å²) in [6, 6.07) is 6.19. The fraction of sp³-hybridized carbons (Fsp3) is 0.632. The van der Waals surface area contributed by atoms with Crippen LogP contribution in [0.3, 0.4) is 0 Å². The molecular formula is C19H32IN3O3. The summed E-state index contributed by atoms with van der Waals surface area (Å²) in [5.41, 5.74) is 2.26. The van der Waals surface area contributed by atoms with E-state index in [0.29, 0.717) is 6.54 Å². The van der Waals surface area contributed by atoms with E-state index in [0.717, 1.165) is 68.6 Å². The molecule has 2 N–H and O–H groups in total. The Bertz CT molecular complexity index is 549. The zero-order chi connectivity index (χ0) is 17.9. The molecule has 0 amide bonds. The lowest BCUT2D eigenvalue weighted by Crippen LogP contribution is -2.38. The molecule has 0 bridgehead atoms. The van der Waals surface area contributed by atoms with Crippen molar-refractivity contribution in [2.45, 2.75) is 39.3 Å². The summed E-state index contributed by atoms with van der Waals surface area (Å²) < 4.78 is 16.4. The van der Waals surface area contributed by atoms with Gasteiger partial charge in [-0.05, 0) is 43.9 Å². The van der Waals surface area contributed by atoms with Crippen molar-refractivity contribution in [2.75, 3.05) is 40.0 Å². The second-order valence-corrected chi connectivity index (χ2v) is 6.14. The smallest absolute Gasteiger partial charge is 0.191 e. The van der Waals surface area contributed by atoms with Gasteiger partial charge in [0.1, 0.15) is 5.75 Å². The Morgan fingerprint density at radius 1 is 1.35 bits per heavy atom. The summed E-state index contributed by atoms with van der Waals surface area (Å²) in [6.45, 7) is 8.68. The predicted octanol–water partition coefficient (Wildman–Crippen LogP) is 2.87. The van der Waals surface area contributed by atoms with Crippen LogP contribution in [0.15, 0.2) is 23.2 Å². The van der Waals surface area contributed by atoms with E-state index in [1.807, 2.05) is 13.0 Å². The van der Waals surface area contributed by atoms with Gasteiger partial charge in [-0.1, -0.05) is 12.1 Å². The number of ether oxygens (including phenoxy) is 3. The third kappa shape index (κ3) is 8.09. The Labute approximate surface area is 174 Å². The van der Waals surface area contributed by atoms with Crippen molar-refractivity contribution in [1.29, 1.82) is 0 Å². The SMILES string of the molecule is CCNC(=NCc1ccc(C)c(OC)c1)NCCCOC1CCOC1.I. The molecule has 1 saturated heterocycles. The minimum atomic E-state index is 0. The topological polar surface area (TPSA) is 64.1 Å². The van der Waals surface area contributed by atoms with Gasteiger partial charge in [0, 0.05) is 26.3 Å². The van der Waals surface area contributed by atoms with E-state index < -0.39 is 0 Å². The van der Waals surface area contributed by atoms with E-state index in [1.54, 1.807) is 7.11 Å². The van der Waals surface area contributed by atoms with E-state index in [1.165, 1.54) is 0 Å². The van der Waals surface area contributed by atoms with Gasteiger partial charge in [0.05, 0.1) is 26.4 Å². The number of rotatable bonds is 9. The maximum Gasteiger partial charge on any atom is 0.191 e. The van der Waals surface area contributed by atoms with Gasteiger partial charge in [-0.3, -0.25) is 0 Å². The molecule has 1 aliphatic heterocycles. The molecule has 6 nitrogen and oxygen atoms in total. The number of aryl methyl sites for hydroxylation is 1. The lowest BCUT2D eigenvalue weighted by molar-refractivity contribution is 0.0420. The average molecular weight is 477 g/mol. The second kappa shape index (κ2) is 13.2. The molecule has 1 heterocycles. The van der Waals surface area contributed by atoms with Gasteiger partial charge in [0.2, 0.25) is 0 Å². The van der Waals surface area contributed by atoms with Gasteiger partial charge in [0.15, 0.2) is 5.96 Å². The number of benzene rings is 1. The molecule has 1 atom stereocenters. The quantitative estimate of drug-likeness (QED) is 0.248. The van der Waals surface area contributed by atoms with Gasteiger partial charge < -0.3 is 24.8 Å². The number of methoxy groups -OCH3 is 1. The molecule has 26 heavy (non-hydrogen) atoms. The Hall–Kier alpha value is -1.06. The van der Waals surface area contributed by atoms with Crippen LogP contribution in [0.1, 0.15) is 30.9 Å². The van der Waals surface area contributed by atoms with Crippen molar-refractivity contribution in [3.63, 3.8) is 0 Å². The molecule has 1 aromatic rings. The van der Waals surface area contributed by atoms with Gasteiger partial charge in [0.25, 0.3) is 0 Å². The fourth-order valence-electron chi connectivity index (χ4n) is 2.65. The first kappa shape index (κ1) is 23.0. The zero-order valence-electron chi connectivity index (χ0n) is 16.0. The van der Waals surface area contributed by atoms with Gasteiger partial charge in [-0.2, -0.15) is 0 Å². The van der Waals surface area contributed by atoms with E-state index in [2.05, 4.69) is 34.7 Å². The van der Waals surface area contributed by atoms with Gasteiger partial charge >= 0.3 is 0 Å². The number of hydrogen-bond donors (Lipinski definition) is 2. The lowest BCUT2D eigenvalue weighted by Gasteiger charge is -2.13. The second-order valence-electron chi connectivity index (χ2n) is 6.14. The van der Waals surface area contributed by atoms with Gasteiger partial charge in [-0.25, -0.2) is 4.99 Å². The first-order valence-corrected chi connectivity index (χ1v) is 9.08. The van der Waals surface area contributed by atoms with Crippen LogP contribution in [0.4, 0.5) is 0 Å². The van der Waals surface area contributed by atoms with Crippen molar-refractivity contribution in [3.05, 3.63) is 29.3 Å². The first-order valence-electron chi connectivity index (χ1n) is 9.08. The van der Waals surface area contributed by atoms with Gasteiger partial charge in [-0.15, -0.1) is 24.0 Å². The van der Waals surface area contributed by atoms with Crippen LogP contribution in [0.25, 0.3) is 0 Å². The van der Waals surface area contributed by atoms with E-state index >= 15 is 0 Å². The van der Waals surface area contributed by atoms with Crippen molar-refractivity contribution >= 4 is 29.9 Å². The Morgan fingerprint density at radius 3 is 2.88 bits per heavy atom. The third-order valence-corrected chi connectivity index (χ3v) is 4.09. The molecule has 0 aliphatic carbocycles. The van der Waals surface area contributed by atoms with E-state index in [-0.39, 0.29) is 30.1 Å². The molecule has 0 aromatic heterocycles. The number of guanidine groups is 1. The monoisotopic (exact) mass is 477 g/mol. The normalized spacial score (nSPS) is 16.9. The molecule has 1 aromatic carbocycles. The standard InChI is InChI=1S/C19H31N3O3.HI/c1-4-20-19(21-9-5-10-25-17-8-11-24-14-17)22-13-16-7-6-15(2)18(12-16)23-3;/h6-7,12,17H,4-5,8-11,13-14H2,1-3H3,(H2,20,21,22);1H. The molecule has 1 unspecified atom stereocenters. The number of nitrogens with one attached hydrogen (secondary N) is 2. The maximum absolute atomic E-state index is 5.77. The zero-order valence-corrected chi connectivity index (χ0v) is 18.4. The largest absolute Gasteiger partial charge is 0.496 e. The lowest BCUT2D eigenvalue weighted by atomic mass is 10.1. The summed E-state index contributed by atoms with van der Waals surface area (Å²) in [5.74, 6) is 1.73. The van der Waals surface area contributed by atoms with Crippen LogP contribution in [-0.4, -0.2) is 52.1 Å². The Morgan fingerprint density at radius 2 is 2.19 bits per heavy atom. The molecule has 0 spiro atoms. The summed E-state index contributed by atoms with van der Waals surface area (Å²) in [4.78, 5) is 4.64. The van der Waals surface area contributed by atoms with E-state index in [9.17, 15) is 0 Å². The van der Waals surface area contributed by atoms with Crippen molar-refractivity contribution in [2.24, 2.45) is 4.99 Å². The average Bonchev–Trinajstić information content (AvgIpc) is 3.13. The minimum absolute atomic E-state index is 0. The number of aliphatic imine (C=N–C) groups is 1. The maximum atomic E-state index is 5.77. The Kier molecular flexibility index (Phi) is 11.6. The van der Waals surface area contributed by atoms with E-state index in [4.69, 9.17) is 14.2 Å². The summed E-state index contributed by atoms with van der Waals surface area (Å²) in [6.07, 6.45) is 2.23. The van der Waals surface area contributed by atoms with Crippen molar-refractivity contribution in [1.82, 2.24) is 10.6 Å². The highest BCUT2D eigenvalue weighted by Gasteiger charge is 2.15. The van der Waals surface area contributed by atoms with Crippen LogP contribution in [-0.2, 0) is 16.0 Å². The van der Waals surface area contributed by atoms with Crippen LogP contribution in [0.5, 0.6) is 5.75 Å². The third-order valence-electron chi connectivity index (χ3n) is 4.09. The van der Waals surface area contributed by atoms with Crippen LogP contribution < -0.4 is 15.4 Å². The minimum Gasteiger partial charge on any atom is -0.496 e. The highest BCUT2D eigenvalue weighted by Crippen LogP contribution is 2.19. The number of halogens is 1. The molecule has 1 aliphatic rings. The molecule has 1 fully saturated rings. The van der Waals surface area contributed by atoms with Crippen molar-refractivity contribution in [3.8, 4) is 5.75 Å². The highest BCUT2D eigenvalue weighted by atomic mass is 127. The number of hydrogen-bond acceptors (Lipinski definition) is 4. The van der Waals surface area contributed by atoms with Crippen LogP contribution >= 0.6 is 24.0 Å².